The Bertz CT molecular complexity index is 973. The van der Waals surface area contributed by atoms with Gasteiger partial charge in [-0.15, -0.1) is 9.24 Å². The molecule has 0 bridgehead atoms. The van der Waals surface area contributed by atoms with Crippen molar-refractivity contribution in [2.45, 2.75) is 0 Å². The first-order valence-corrected chi connectivity index (χ1v) is 7.98. The van der Waals surface area contributed by atoms with Crippen molar-refractivity contribution in [2.75, 3.05) is 10.6 Å². The number of H-pyrrole nitrogens is 1. The van der Waals surface area contributed by atoms with Gasteiger partial charge in [-0.25, -0.2) is 8.78 Å². The Kier molecular flexibility index (Phi) is 5.04. The van der Waals surface area contributed by atoms with Gasteiger partial charge in [-0.3, -0.25) is 14.7 Å². The second-order valence-electron chi connectivity index (χ2n) is 5.31. The molecule has 132 valence electrons. The number of halogens is 2. The summed E-state index contributed by atoms with van der Waals surface area (Å²) in [7, 11) is 2.37. The summed E-state index contributed by atoms with van der Waals surface area (Å²) in [6, 6.07) is 9.23. The summed E-state index contributed by atoms with van der Waals surface area (Å²) >= 11 is 0. The summed E-state index contributed by atoms with van der Waals surface area (Å²) in [5.41, 5.74) is 0.266. The van der Waals surface area contributed by atoms with Crippen molar-refractivity contribution in [3.8, 4) is 0 Å². The van der Waals surface area contributed by atoms with E-state index in [-0.39, 0.29) is 16.9 Å². The van der Waals surface area contributed by atoms with E-state index in [0.717, 1.165) is 0 Å². The minimum Gasteiger partial charge on any atom is -0.321 e. The van der Waals surface area contributed by atoms with Crippen LogP contribution in [0.4, 0.5) is 20.2 Å². The molecule has 0 saturated carbocycles. The van der Waals surface area contributed by atoms with Crippen LogP contribution in [0.3, 0.4) is 0 Å². The van der Waals surface area contributed by atoms with Crippen molar-refractivity contribution in [1.29, 1.82) is 0 Å². The van der Waals surface area contributed by atoms with Crippen LogP contribution < -0.4 is 15.9 Å². The number of carbonyl (C=O) groups is 2. The number of anilines is 2. The largest absolute Gasteiger partial charge is 0.321 e. The maximum Gasteiger partial charge on any atom is 0.275 e. The van der Waals surface area contributed by atoms with E-state index in [2.05, 4.69) is 30.1 Å². The van der Waals surface area contributed by atoms with Gasteiger partial charge >= 0.3 is 0 Å². The van der Waals surface area contributed by atoms with Crippen LogP contribution in [0.25, 0.3) is 0 Å². The van der Waals surface area contributed by atoms with Crippen molar-refractivity contribution in [3.05, 3.63) is 71.6 Å². The number of aromatic amines is 1. The molecule has 2 amide bonds. The molecule has 0 aliphatic heterocycles. The zero-order valence-corrected chi connectivity index (χ0v) is 14.4. The molecule has 0 aliphatic carbocycles. The first-order valence-electron chi connectivity index (χ1n) is 7.40. The third-order valence-electron chi connectivity index (χ3n) is 3.45. The number of nitrogens with zero attached hydrogens (tertiary/aromatic N) is 1. The molecule has 3 rings (SSSR count). The molecule has 0 aliphatic rings. The molecule has 1 aromatic heterocycles. The molecule has 0 radical (unpaired) electrons. The van der Waals surface area contributed by atoms with Crippen molar-refractivity contribution < 1.29 is 18.4 Å². The van der Waals surface area contributed by atoms with Crippen LogP contribution in [0.15, 0.2) is 48.7 Å². The number of hydrogen-bond donors (Lipinski definition) is 3. The Morgan fingerprint density at radius 2 is 1.73 bits per heavy atom. The number of rotatable bonds is 4. The molecule has 0 saturated heterocycles. The maximum atomic E-state index is 13.8. The molecule has 9 heteroatoms. The third kappa shape index (κ3) is 3.92. The van der Waals surface area contributed by atoms with E-state index in [1.54, 1.807) is 0 Å². The van der Waals surface area contributed by atoms with Crippen LogP contribution >= 0.6 is 9.24 Å². The normalized spacial score (nSPS) is 10.4. The monoisotopic (exact) mass is 374 g/mol. The van der Waals surface area contributed by atoms with Gasteiger partial charge < -0.3 is 10.6 Å². The first-order chi connectivity index (χ1) is 12.4. The van der Waals surface area contributed by atoms with E-state index in [1.807, 2.05) is 0 Å². The standard InChI is InChI=1S/C17H13F2N4O2P/c18-9-1-3-10(4-2-9)21-17(25)15-14(8-20-23-15)22-16(24)12-7-11(26)5-6-13(12)19/h1-8H,26H2,(H,20,23)(H,21,25)(H,22,24). The van der Waals surface area contributed by atoms with Crippen LogP contribution in [0.1, 0.15) is 20.8 Å². The van der Waals surface area contributed by atoms with Gasteiger partial charge in [0.1, 0.15) is 17.3 Å². The minimum absolute atomic E-state index is 0.0230. The highest BCUT2D eigenvalue weighted by Gasteiger charge is 2.19. The van der Waals surface area contributed by atoms with Crippen LogP contribution in [-0.2, 0) is 0 Å². The highest BCUT2D eigenvalue weighted by molar-refractivity contribution is 7.27. The summed E-state index contributed by atoms with van der Waals surface area (Å²) in [5.74, 6) is -2.43. The Morgan fingerprint density at radius 3 is 2.46 bits per heavy atom. The van der Waals surface area contributed by atoms with Gasteiger partial charge in [-0.05, 0) is 41.7 Å². The maximum absolute atomic E-state index is 13.8. The zero-order valence-electron chi connectivity index (χ0n) is 13.2. The third-order valence-corrected chi connectivity index (χ3v) is 3.81. The van der Waals surface area contributed by atoms with Gasteiger partial charge in [0.2, 0.25) is 0 Å². The van der Waals surface area contributed by atoms with E-state index in [4.69, 9.17) is 0 Å². The van der Waals surface area contributed by atoms with E-state index in [9.17, 15) is 18.4 Å². The fourth-order valence-corrected chi connectivity index (χ4v) is 2.45. The smallest absolute Gasteiger partial charge is 0.275 e. The number of amides is 2. The molecular weight excluding hydrogens is 361 g/mol. The topological polar surface area (TPSA) is 86.9 Å². The minimum atomic E-state index is -0.718. The molecule has 3 aromatic rings. The lowest BCUT2D eigenvalue weighted by Crippen LogP contribution is -2.19. The van der Waals surface area contributed by atoms with Crippen LogP contribution in [0, 0.1) is 11.6 Å². The Hall–Kier alpha value is -3.12. The number of carbonyl (C=O) groups excluding carboxylic acids is 2. The number of hydrogen-bond acceptors (Lipinski definition) is 3. The predicted octanol–water partition coefficient (Wildman–Crippen LogP) is 2.69. The molecule has 1 unspecified atom stereocenters. The van der Waals surface area contributed by atoms with E-state index < -0.39 is 23.4 Å². The van der Waals surface area contributed by atoms with Crippen molar-refractivity contribution in [3.63, 3.8) is 0 Å². The van der Waals surface area contributed by atoms with Crippen molar-refractivity contribution >= 4 is 37.7 Å². The molecule has 0 spiro atoms. The first kappa shape index (κ1) is 17.7. The average Bonchev–Trinajstić information content (AvgIpc) is 3.07. The van der Waals surface area contributed by atoms with E-state index in [0.29, 0.717) is 11.0 Å². The Balaban J connectivity index is 1.77. The van der Waals surface area contributed by atoms with Gasteiger partial charge in [0, 0.05) is 5.69 Å². The number of nitrogens with one attached hydrogen (secondary N) is 3. The summed E-state index contributed by atoms with van der Waals surface area (Å²) in [4.78, 5) is 24.6. The molecule has 0 fully saturated rings. The van der Waals surface area contributed by atoms with Crippen LogP contribution in [-0.4, -0.2) is 22.0 Å². The molecule has 6 nitrogen and oxygen atoms in total. The van der Waals surface area contributed by atoms with Crippen LogP contribution in [0.5, 0.6) is 0 Å². The van der Waals surface area contributed by atoms with Crippen LogP contribution in [0.2, 0.25) is 0 Å². The summed E-state index contributed by atoms with van der Waals surface area (Å²) in [6.07, 6.45) is 1.24. The fraction of sp³-hybridized carbons (Fsp3) is 0. The number of aromatic nitrogens is 2. The highest BCUT2D eigenvalue weighted by atomic mass is 31.0. The zero-order chi connectivity index (χ0) is 18.7. The second kappa shape index (κ2) is 7.41. The lowest BCUT2D eigenvalue weighted by molar-refractivity contribution is 0.102. The van der Waals surface area contributed by atoms with Crippen molar-refractivity contribution in [1.82, 2.24) is 10.2 Å². The van der Waals surface area contributed by atoms with Crippen molar-refractivity contribution in [2.24, 2.45) is 0 Å². The SMILES string of the molecule is O=C(Nc1cn[nH]c1C(=O)Nc1ccc(F)cc1)c1cc(P)ccc1F. The average molecular weight is 374 g/mol. The highest BCUT2D eigenvalue weighted by Crippen LogP contribution is 2.17. The quantitative estimate of drug-likeness (QED) is 0.614. The molecule has 1 heterocycles. The summed E-state index contributed by atoms with van der Waals surface area (Å²) in [5, 5.41) is 11.8. The molecule has 2 aromatic carbocycles. The van der Waals surface area contributed by atoms with E-state index in [1.165, 1.54) is 48.7 Å². The van der Waals surface area contributed by atoms with Gasteiger partial charge in [0.15, 0.2) is 0 Å². The lowest BCUT2D eigenvalue weighted by atomic mass is 10.2. The molecular formula is C17H13F2N4O2P. The molecule has 1 atom stereocenters. The fourth-order valence-electron chi connectivity index (χ4n) is 2.19. The van der Waals surface area contributed by atoms with Gasteiger partial charge in [-0.1, -0.05) is 6.07 Å². The summed E-state index contributed by atoms with van der Waals surface area (Å²) in [6.45, 7) is 0. The second-order valence-corrected chi connectivity index (χ2v) is 5.98. The molecule has 3 N–H and O–H groups in total. The Morgan fingerprint density at radius 1 is 1.00 bits per heavy atom. The van der Waals surface area contributed by atoms with Gasteiger partial charge in [-0.2, -0.15) is 5.10 Å². The predicted molar refractivity (Wildman–Crippen MR) is 96.6 cm³/mol. The lowest BCUT2D eigenvalue weighted by Gasteiger charge is -2.08. The number of benzene rings is 2. The van der Waals surface area contributed by atoms with Gasteiger partial charge in [0.25, 0.3) is 11.8 Å². The van der Waals surface area contributed by atoms with Gasteiger partial charge in [0.05, 0.1) is 17.4 Å². The van der Waals surface area contributed by atoms with E-state index >= 15 is 0 Å². The Labute approximate surface area is 149 Å². The molecule has 26 heavy (non-hydrogen) atoms. The summed E-state index contributed by atoms with van der Waals surface area (Å²) < 4.78 is 26.7.